The molecule has 0 aliphatic carbocycles. The summed E-state index contributed by atoms with van der Waals surface area (Å²) in [5.41, 5.74) is 2.36. The molecule has 1 aromatic carbocycles. The van der Waals surface area contributed by atoms with Crippen LogP contribution in [0, 0.1) is 0 Å². The maximum absolute atomic E-state index is 5.37. The second-order valence-electron chi connectivity index (χ2n) is 6.05. The van der Waals surface area contributed by atoms with Crippen LogP contribution in [-0.2, 0) is 0 Å². The molecule has 0 aliphatic heterocycles. The van der Waals surface area contributed by atoms with E-state index in [-0.39, 0.29) is 5.54 Å². The van der Waals surface area contributed by atoms with E-state index in [0.29, 0.717) is 17.2 Å². The molecule has 0 aromatic heterocycles. The van der Waals surface area contributed by atoms with Crippen molar-refractivity contribution < 1.29 is 14.2 Å². The zero-order valence-electron chi connectivity index (χ0n) is 14.2. The lowest BCUT2D eigenvalue weighted by molar-refractivity contribution is 0.324. The highest BCUT2D eigenvalue weighted by molar-refractivity contribution is 5.63. The fraction of sp³-hybridized carbons (Fsp3) is 0.529. The molecule has 0 bridgehead atoms. The standard InChI is InChI=1S/C17H27NO3/c1-12(11-18-17(2,3)4)8-13-9-14(19-5)16(21-7)15(10-13)20-6/h8-10,18H,11H2,1-7H3. The Morgan fingerprint density at radius 1 is 1.05 bits per heavy atom. The Kier molecular flexibility index (Phi) is 6.09. The predicted molar refractivity (Wildman–Crippen MR) is 87.5 cm³/mol. The van der Waals surface area contributed by atoms with Crippen molar-refractivity contribution in [3.63, 3.8) is 0 Å². The molecule has 0 unspecified atom stereocenters. The molecule has 0 heterocycles. The van der Waals surface area contributed by atoms with Gasteiger partial charge in [-0.1, -0.05) is 11.6 Å². The van der Waals surface area contributed by atoms with Crippen LogP contribution in [0.3, 0.4) is 0 Å². The van der Waals surface area contributed by atoms with Gasteiger partial charge in [-0.05, 0) is 45.4 Å². The third kappa shape index (κ3) is 5.31. The molecule has 4 nitrogen and oxygen atoms in total. The Morgan fingerprint density at radius 2 is 1.57 bits per heavy atom. The lowest BCUT2D eigenvalue weighted by Gasteiger charge is -2.20. The molecule has 0 aliphatic rings. The predicted octanol–water partition coefficient (Wildman–Crippen LogP) is 3.50. The minimum absolute atomic E-state index is 0.102. The topological polar surface area (TPSA) is 39.7 Å². The van der Waals surface area contributed by atoms with E-state index in [1.54, 1.807) is 21.3 Å². The maximum atomic E-state index is 5.37. The van der Waals surface area contributed by atoms with Crippen LogP contribution in [0.5, 0.6) is 17.2 Å². The SMILES string of the molecule is COc1cc(C=C(C)CNC(C)(C)C)cc(OC)c1OC. The minimum Gasteiger partial charge on any atom is -0.493 e. The van der Waals surface area contributed by atoms with Crippen molar-refractivity contribution in [3.8, 4) is 17.2 Å². The molecule has 0 amide bonds. The molecule has 1 N–H and O–H groups in total. The first kappa shape index (κ1) is 17.4. The molecule has 1 rings (SSSR count). The highest BCUT2D eigenvalue weighted by atomic mass is 16.5. The molecule has 4 heteroatoms. The van der Waals surface area contributed by atoms with Crippen molar-refractivity contribution in [2.75, 3.05) is 27.9 Å². The largest absolute Gasteiger partial charge is 0.493 e. The third-order valence-electron chi connectivity index (χ3n) is 3.00. The van der Waals surface area contributed by atoms with Crippen molar-refractivity contribution in [2.24, 2.45) is 0 Å². The Labute approximate surface area is 128 Å². The van der Waals surface area contributed by atoms with Gasteiger partial charge in [0.15, 0.2) is 11.5 Å². The Balaban J connectivity index is 3.02. The average molecular weight is 293 g/mol. The number of hydrogen-bond donors (Lipinski definition) is 1. The molecule has 118 valence electrons. The van der Waals surface area contributed by atoms with Crippen molar-refractivity contribution in [1.82, 2.24) is 5.32 Å². The number of methoxy groups -OCH3 is 3. The first-order valence-corrected chi connectivity index (χ1v) is 7.03. The normalized spacial score (nSPS) is 12.2. The van der Waals surface area contributed by atoms with Crippen LogP contribution in [0.15, 0.2) is 17.7 Å². The Hall–Kier alpha value is -1.68. The van der Waals surface area contributed by atoms with Gasteiger partial charge in [0.25, 0.3) is 0 Å². The van der Waals surface area contributed by atoms with Crippen molar-refractivity contribution in [3.05, 3.63) is 23.3 Å². The van der Waals surface area contributed by atoms with Crippen LogP contribution in [0.25, 0.3) is 6.08 Å². The van der Waals surface area contributed by atoms with Gasteiger partial charge in [0.05, 0.1) is 21.3 Å². The van der Waals surface area contributed by atoms with Gasteiger partial charge >= 0.3 is 0 Å². The summed E-state index contributed by atoms with van der Waals surface area (Å²) < 4.78 is 16.1. The van der Waals surface area contributed by atoms with Crippen LogP contribution in [0.2, 0.25) is 0 Å². The summed E-state index contributed by atoms with van der Waals surface area (Å²) in [6, 6.07) is 3.89. The van der Waals surface area contributed by atoms with E-state index in [1.165, 1.54) is 5.57 Å². The van der Waals surface area contributed by atoms with E-state index in [4.69, 9.17) is 14.2 Å². The van der Waals surface area contributed by atoms with Crippen molar-refractivity contribution >= 4 is 6.08 Å². The fourth-order valence-electron chi connectivity index (χ4n) is 1.92. The summed E-state index contributed by atoms with van der Waals surface area (Å²) in [5, 5.41) is 3.47. The number of benzene rings is 1. The summed E-state index contributed by atoms with van der Waals surface area (Å²) in [5.74, 6) is 1.95. The van der Waals surface area contributed by atoms with E-state index < -0.39 is 0 Å². The fourth-order valence-corrected chi connectivity index (χ4v) is 1.92. The monoisotopic (exact) mass is 293 g/mol. The number of rotatable bonds is 6. The molecular formula is C17H27NO3. The van der Waals surface area contributed by atoms with Crippen LogP contribution in [0.1, 0.15) is 33.3 Å². The number of ether oxygens (including phenoxy) is 3. The van der Waals surface area contributed by atoms with Crippen LogP contribution in [-0.4, -0.2) is 33.4 Å². The van der Waals surface area contributed by atoms with E-state index in [0.717, 1.165) is 12.1 Å². The highest BCUT2D eigenvalue weighted by Gasteiger charge is 2.13. The van der Waals surface area contributed by atoms with E-state index in [9.17, 15) is 0 Å². The Morgan fingerprint density at radius 3 is 1.95 bits per heavy atom. The van der Waals surface area contributed by atoms with E-state index >= 15 is 0 Å². The summed E-state index contributed by atoms with van der Waals surface area (Å²) in [6.07, 6.45) is 2.11. The number of hydrogen-bond acceptors (Lipinski definition) is 4. The van der Waals surface area contributed by atoms with Gasteiger partial charge in [-0.2, -0.15) is 0 Å². The second-order valence-corrected chi connectivity index (χ2v) is 6.05. The van der Waals surface area contributed by atoms with E-state index in [2.05, 4.69) is 39.1 Å². The smallest absolute Gasteiger partial charge is 0.203 e. The maximum Gasteiger partial charge on any atom is 0.203 e. The molecule has 0 atom stereocenters. The van der Waals surface area contributed by atoms with Gasteiger partial charge in [0.2, 0.25) is 5.75 Å². The molecule has 0 spiro atoms. The summed E-state index contributed by atoms with van der Waals surface area (Å²) in [7, 11) is 4.85. The summed E-state index contributed by atoms with van der Waals surface area (Å²) >= 11 is 0. The minimum atomic E-state index is 0.102. The van der Waals surface area contributed by atoms with Crippen LogP contribution < -0.4 is 19.5 Å². The first-order chi connectivity index (χ1) is 9.80. The first-order valence-electron chi connectivity index (χ1n) is 7.03. The zero-order valence-corrected chi connectivity index (χ0v) is 14.2. The van der Waals surface area contributed by atoms with Gasteiger partial charge in [0.1, 0.15) is 0 Å². The van der Waals surface area contributed by atoms with Crippen LogP contribution in [0.4, 0.5) is 0 Å². The van der Waals surface area contributed by atoms with Crippen molar-refractivity contribution in [1.29, 1.82) is 0 Å². The molecule has 1 aromatic rings. The van der Waals surface area contributed by atoms with Gasteiger partial charge in [-0.3, -0.25) is 0 Å². The highest BCUT2D eigenvalue weighted by Crippen LogP contribution is 2.38. The average Bonchev–Trinajstić information content (AvgIpc) is 2.43. The van der Waals surface area contributed by atoms with Gasteiger partial charge < -0.3 is 19.5 Å². The third-order valence-corrected chi connectivity index (χ3v) is 3.00. The number of nitrogens with one attached hydrogen (secondary N) is 1. The van der Waals surface area contributed by atoms with Gasteiger partial charge in [-0.15, -0.1) is 0 Å². The lowest BCUT2D eigenvalue weighted by atomic mass is 10.1. The summed E-state index contributed by atoms with van der Waals surface area (Å²) in [6.45, 7) is 9.39. The second kappa shape index (κ2) is 7.36. The van der Waals surface area contributed by atoms with Crippen molar-refractivity contribution in [2.45, 2.75) is 33.2 Å². The molecule has 0 saturated carbocycles. The lowest BCUT2D eigenvalue weighted by Crippen LogP contribution is -2.36. The zero-order chi connectivity index (χ0) is 16.0. The Bertz CT molecular complexity index is 476. The van der Waals surface area contributed by atoms with Gasteiger partial charge in [0, 0.05) is 12.1 Å². The summed E-state index contributed by atoms with van der Waals surface area (Å²) in [4.78, 5) is 0. The van der Waals surface area contributed by atoms with Crippen LogP contribution >= 0.6 is 0 Å². The molecule has 21 heavy (non-hydrogen) atoms. The molecule has 0 saturated heterocycles. The molecule has 0 radical (unpaired) electrons. The molecule has 0 fully saturated rings. The van der Waals surface area contributed by atoms with Gasteiger partial charge in [-0.25, -0.2) is 0 Å². The quantitative estimate of drug-likeness (QED) is 0.871. The van der Waals surface area contributed by atoms with E-state index in [1.807, 2.05) is 12.1 Å². The molecular weight excluding hydrogens is 266 g/mol.